The summed E-state index contributed by atoms with van der Waals surface area (Å²) in [4.78, 5) is 0. The quantitative estimate of drug-likeness (QED) is 0.773. The maximum Gasteiger partial charge on any atom is 0.134 e. The van der Waals surface area contributed by atoms with Crippen LogP contribution < -0.4 is 5.32 Å². The molecule has 19 heavy (non-hydrogen) atoms. The van der Waals surface area contributed by atoms with E-state index in [2.05, 4.69) is 21.2 Å². The number of hydrogen-bond donors (Lipinski definition) is 3. The molecule has 3 N–H and O–H groups in total. The Morgan fingerprint density at radius 3 is 2.74 bits per heavy atom. The van der Waals surface area contributed by atoms with Crippen molar-refractivity contribution in [1.29, 1.82) is 0 Å². The molecule has 1 fully saturated rings. The molecule has 5 heteroatoms. The maximum atomic E-state index is 9.90. The van der Waals surface area contributed by atoms with Crippen LogP contribution in [0.2, 0.25) is 0 Å². The van der Waals surface area contributed by atoms with Crippen molar-refractivity contribution < 1.29 is 14.9 Å². The Labute approximate surface area is 121 Å². The summed E-state index contributed by atoms with van der Waals surface area (Å²) in [5.74, 6) is 0.278. The van der Waals surface area contributed by atoms with Gasteiger partial charge in [-0.15, -0.1) is 0 Å². The molecule has 1 saturated heterocycles. The molecule has 1 aromatic carbocycles. The zero-order valence-corrected chi connectivity index (χ0v) is 12.4. The summed E-state index contributed by atoms with van der Waals surface area (Å²) in [6, 6.07) is 5.60. The van der Waals surface area contributed by atoms with E-state index in [0.29, 0.717) is 24.2 Å². The number of phenols is 1. The van der Waals surface area contributed by atoms with Crippen molar-refractivity contribution in [3.8, 4) is 5.75 Å². The van der Waals surface area contributed by atoms with Gasteiger partial charge in [0.15, 0.2) is 0 Å². The molecule has 0 saturated carbocycles. The molecular formula is C14H20BrNO3. The average molecular weight is 330 g/mol. The average Bonchev–Trinajstić information content (AvgIpc) is 2.44. The van der Waals surface area contributed by atoms with Crippen LogP contribution in [0.1, 0.15) is 18.4 Å². The molecule has 0 aromatic heterocycles. The van der Waals surface area contributed by atoms with Gasteiger partial charge in [0.2, 0.25) is 0 Å². The summed E-state index contributed by atoms with van der Waals surface area (Å²) in [7, 11) is 0. The lowest BCUT2D eigenvalue weighted by atomic mass is 9.81. The van der Waals surface area contributed by atoms with Gasteiger partial charge in [0.05, 0.1) is 11.1 Å². The molecule has 1 aromatic rings. The molecule has 2 rings (SSSR count). The van der Waals surface area contributed by atoms with E-state index in [-0.39, 0.29) is 17.8 Å². The van der Waals surface area contributed by atoms with Crippen molar-refractivity contribution in [2.24, 2.45) is 5.41 Å². The van der Waals surface area contributed by atoms with Crippen LogP contribution in [0.4, 0.5) is 0 Å². The SMILES string of the molecule is OCC1(CNCc2cccc(Br)c2O)CCOCC1. The Hall–Kier alpha value is -0.620. The van der Waals surface area contributed by atoms with Gasteiger partial charge in [0.25, 0.3) is 0 Å². The molecule has 0 radical (unpaired) electrons. The molecule has 1 aliphatic rings. The van der Waals surface area contributed by atoms with Gasteiger partial charge in [-0.25, -0.2) is 0 Å². The Kier molecular flexibility index (Phi) is 5.21. The van der Waals surface area contributed by atoms with Gasteiger partial charge in [-0.1, -0.05) is 12.1 Å². The van der Waals surface area contributed by atoms with E-state index in [9.17, 15) is 10.2 Å². The highest BCUT2D eigenvalue weighted by molar-refractivity contribution is 9.10. The third-order valence-electron chi connectivity index (χ3n) is 3.77. The number of benzene rings is 1. The normalized spacial score (nSPS) is 18.4. The number of halogens is 1. The van der Waals surface area contributed by atoms with Crippen molar-refractivity contribution in [3.63, 3.8) is 0 Å². The Morgan fingerprint density at radius 2 is 2.05 bits per heavy atom. The van der Waals surface area contributed by atoms with E-state index >= 15 is 0 Å². The fraction of sp³-hybridized carbons (Fsp3) is 0.571. The smallest absolute Gasteiger partial charge is 0.134 e. The standard InChI is InChI=1S/C14H20BrNO3/c15-12-3-1-2-11(13(12)18)8-16-9-14(10-17)4-6-19-7-5-14/h1-3,16-18H,4-10H2. The second kappa shape index (κ2) is 6.70. The van der Waals surface area contributed by atoms with Gasteiger partial charge in [-0.05, 0) is 34.8 Å². The number of rotatable bonds is 5. The van der Waals surface area contributed by atoms with Crippen LogP contribution in [-0.4, -0.2) is 36.6 Å². The van der Waals surface area contributed by atoms with Gasteiger partial charge in [0.1, 0.15) is 5.75 Å². The highest BCUT2D eigenvalue weighted by atomic mass is 79.9. The Morgan fingerprint density at radius 1 is 1.32 bits per heavy atom. The van der Waals surface area contributed by atoms with Crippen LogP contribution in [0.5, 0.6) is 5.75 Å². The lowest BCUT2D eigenvalue weighted by Gasteiger charge is -2.35. The summed E-state index contributed by atoms with van der Waals surface area (Å²) in [6.45, 7) is 2.93. The van der Waals surface area contributed by atoms with Crippen LogP contribution in [0, 0.1) is 5.41 Å². The minimum Gasteiger partial charge on any atom is -0.506 e. The predicted octanol–water partition coefficient (Wildman–Crippen LogP) is 2.03. The van der Waals surface area contributed by atoms with Gasteiger partial charge in [-0.2, -0.15) is 0 Å². The summed E-state index contributed by atoms with van der Waals surface area (Å²) >= 11 is 3.30. The minimum absolute atomic E-state index is 0.0835. The highest BCUT2D eigenvalue weighted by Crippen LogP contribution is 2.30. The third-order valence-corrected chi connectivity index (χ3v) is 4.41. The molecule has 0 atom stereocenters. The summed E-state index contributed by atoms with van der Waals surface area (Å²) < 4.78 is 6.04. The molecule has 0 spiro atoms. The zero-order valence-electron chi connectivity index (χ0n) is 10.9. The summed E-state index contributed by atoms with van der Waals surface area (Å²) in [5, 5.41) is 22.8. The fourth-order valence-corrected chi connectivity index (χ4v) is 2.77. The van der Waals surface area contributed by atoms with E-state index in [1.165, 1.54) is 0 Å². The molecule has 4 nitrogen and oxygen atoms in total. The van der Waals surface area contributed by atoms with Crippen molar-refractivity contribution in [2.75, 3.05) is 26.4 Å². The lowest BCUT2D eigenvalue weighted by molar-refractivity contribution is -0.0154. The van der Waals surface area contributed by atoms with Crippen molar-refractivity contribution in [1.82, 2.24) is 5.32 Å². The first-order valence-electron chi connectivity index (χ1n) is 6.53. The van der Waals surface area contributed by atoms with Gasteiger partial charge < -0.3 is 20.3 Å². The predicted molar refractivity (Wildman–Crippen MR) is 77.1 cm³/mol. The molecule has 0 aliphatic carbocycles. The maximum absolute atomic E-state index is 9.90. The largest absolute Gasteiger partial charge is 0.506 e. The molecular weight excluding hydrogens is 310 g/mol. The molecule has 0 unspecified atom stereocenters. The number of nitrogens with one attached hydrogen (secondary N) is 1. The monoisotopic (exact) mass is 329 g/mol. The number of para-hydroxylation sites is 1. The molecule has 0 bridgehead atoms. The Bertz CT molecular complexity index is 419. The second-order valence-electron chi connectivity index (χ2n) is 5.12. The van der Waals surface area contributed by atoms with Crippen molar-refractivity contribution in [3.05, 3.63) is 28.2 Å². The number of aliphatic hydroxyl groups is 1. The van der Waals surface area contributed by atoms with Crippen LogP contribution in [-0.2, 0) is 11.3 Å². The highest BCUT2D eigenvalue weighted by Gasteiger charge is 2.31. The topological polar surface area (TPSA) is 61.7 Å². The van der Waals surface area contributed by atoms with E-state index in [0.717, 1.165) is 24.9 Å². The minimum atomic E-state index is -0.0835. The zero-order chi connectivity index (χ0) is 13.7. The van der Waals surface area contributed by atoms with Crippen LogP contribution >= 0.6 is 15.9 Å². The molecule has 106 valence electrons. The van der Waals surface area contributed by atoms with Crippen LogP contribution in [0.25, 0.3) is 0 Å². The number of ether oxygens (including phenoxy) is 1. The number of aliphatic hydroxyl groups excluding tert-OH is 1. The first-order valence-corrected chi connectivity index (χ1v) is 7.32. The van der Waals surface area contributed by atoms with Gasteiger partial charge >= 0.3 is 0 Å². The fourth-order valence-electron chi connectivity index (χ4n) is 2.36. The van der Waals surface area contributed by atoms with Crippen molar-refractivity contribution in [2.45, 2.75) is 19.4 Å². The number of aromatic hydroxyl groups is 1. The van der Waals surface area contributed by atoms with Gasteiger partial charge in [0, 0.05) is 37.3 Å². The van der Waals surface area contributed by atoms with E-state index in [4.69, 9.17) is 4.74 Å². The number of phenolic OH excluding ortho intramolecular Hbond substituents is 1. The third kappa shape index (κ3) is 3.69. The first kappa shape index (κ1) is 14.8. The molecule has 1 aliphatic heterocycles. The summed E-state index contributed by atoms with van der Waals surface area (Å²) in [5.41, 5.74) is 0.773. The van der Waals surface area contributed by atoms with E-state index in [1.807, 2.05) is 18.2 Å². The van der Waals surface area contributed by atoms with Crippen LogP contribution in [0.15, 0.2) is 22.7 Å². The molecule has 1 heterocycles. The lowest BCUT2D eigenvalue weighted by Crippen LogP contribution is -2.41. The van der Waals surface area contributed by atoms with E-state index < -0.39 is 0 Å². The van der Waals surface area contributed by atoms with Crippen LogP contribution in [0.3, 0.4) is 0 Å². The second-order valence-corrected chi connectivity index (χ2v) is 5.98. The van der Waals surface area contributed by atoms with Gasteiger partial charge in [-0.3, -0.25) is 0 Å². The Balaban J connectivity index is 1.90. The summed E-state index contributed by atoms with van der Waals surface area (Å²) in [6.07, 6.45) is 1.75. The van der Waals surface area contributed by atoms with Crippen molar-refractivity contribution >= 4 is 15.9 Å². The number of hydrogen-bond acceptors (Lipinski definition) is 4. The first-order chi connectivity index (χ1) is 9.17. The van der Waals surface area contributed by atoms with E-state index in [1.54, 1.807) is 0 Å². The molecule has 0 amide bonds.